The fourth-order valence-electron chi connectivity index (χ4n) is 3.89. The molecule has 0 aliphatic carbocycles. The number of hydrogen-bond donors (Lipinski definition) is 1. The van der Waals surface area contributed by atoms with E-state index in [0.717, 1.165) is 11.3 Å². The number of carbonyl (C=O) groups excluding carboxylic acids is 4. The second-order valence-electron chi connectivity index (χ2n) is 8.46. The van der Waals surface area contributed by atoms with Crippen molar-refractivity contribution in [1.82, 2.24) is 4.90 Å². The van der Waals surface area contributed by atoms with Crippen LogP contribution in [0.5, 0.6) is 0 Å². The van der Waals surface area contributed by atoms with E-state index in [1.165, 1.54) is 9.80 Å². The molecule has 0 aromatic heterocycles. The molecule has 1 aliphatic heterocycles. The topological polar surface area (TPSA) is 90.0 Å². The molecule has 0 radical (unpaired) electrons. The van der Waals surface area contributed by atoms with Crippen LogP contribution >= 0.6 is 0 Å². The number of Topliss-reactive ketones (excluding diaryl/α,β-unsaturated/α-hetero) is 1. The Kier molecular flexibility index (Phi) is 6.91. The molecule has 8 nitrogen and oxygen atoms in total. The fraction of sp³-hybridized carbons (Fsp3) is 0.185. The van der Waals surface area contributed by atoms with Crippen LogP contribution in [0, 0.1) is 0 Å². The molecule has 0 saturated carbocycles. The molecule has 0 saturated heterocycles. The number of ketones is 1. The minimum Gasteiger partial charge on any atom is -0.378 e. The highest BCUT2D eigenvalue weighted by molar-refractivity contribution is 6.52. The van der Waals surface area contributed by atoms with Gasteiger partial charge in [0.1, 0.15) is 13.1 Å². The maximum absolute atomic E-state index is 13.3. The molecule has 0 fully saturated rings. The molecule has 1 heterocycles. The molecule has 0 unspecified atom stereocenters. The second-order valence-corrected chi connectivity index (χ2v) is 8.46. The first-order chi connectivity index (χ1) is 16.8. The van der Waals surface area contributed by atoms with E-state index in [0.29, 0.717) is 11.4 Å². The number of rotatable bonds is 8. The van der Waals surface area contributed by atoms with E-state index in [2.05, 4.69) is 5.32 Å². The highest BCUT2D eigenvalue weighted by atomic mass is 16.2. The zero-order chi connectivity index (χ0) is 24.9. The third-order valence-corrected chi connectivity index (χ3v) is 5.74. The number of nitrogens with one attached hydrogen (secondary N) is 1. The maximum Gasteiger partial charge on any atom is 0.299 e. The maximum atomic E-state index is 13.3. The standard InChI is InChI=1S/C27H26N4O4/c1-29(2)21-14-12-20(13-15-21)28-24(32)17-30(16-19-8-4-3-5-9-19)25(33)18-31-23-11-7-6-10-22(23)26(34)27(31)35/h3-15H,16-18H2,1-2H3,(H,28,32). The minimum atomic E-state index is -0.746. The van der Waals surface area contributed by atoms with E-state index in [1.54, 1.807) is 36.4 Å². The first-order valence-corrected chi connectivity index (χ1v) is 11.2. The third kappa shape index (κ3) is 5.38. The van der Waals surface area contributed by atoms with E-state index >= 15 is 0 Å². The van der Waals surface area contributed by atoms with Crippen LogP contribution in [0.1, 0.15) is 15.9 Å². The van der Waals surface area contributed by atoms with Gasteiger partial charge in [0.25, 0.3) is 11.7 Å². The quantitative estimate of drug-likeness (QED) is 0.512. The molecule has 3 amide bonds. The van der Waals surface area contributed by atoms with Gasteiger partial charge in [0.05, 0.1) is 11.3 Å². The number of amides is 3. The Morgan fingerprint density at radius 3 is 2.20 bits per heavy atom. The summed E-state index contributed by atoms with van der Waals surface area (Å²) in [5.74, 6) is -2.19. The Bertz CT molecular complexity index is 1260. The van der Waals surface area contributed by atoms with E-state index < -0.39 is 17.6 Å². The van der Waals surface area contributed by atoms with Gasteiger partial charge >= 0.3 is 0 Å². The molecule has 8 heteroatoms. The molecule has 3 aromatic rings. The van der Waals surface area contributed by atoms with Crippen molar-refractivity contribution in [3.8, 4) is 0 Å². The summed E-state index contributed by atoms with van der Waals surface area (Å²) in [5.41, 5.74) is 3.13. The number of hydrogen-bond acceptors (Lipinski definition) is 5. The number of para-hydroxylation sites is 1. The first kappa shape index (κ1) is 23.7. The largest absolute Gasteiger partial charge is 0.378 e. The summed E-state index contributed by atoms with van der Waals surface area (Å²) in [5, 5.41) is 2.82. The van der Waals surface area contributed by atoms with Crippen LogP contribution in [-0.2, 0) is 20.9 Å². The van der Waals surface area contributed by atoms with Crippen molar-refractivity contribution in [2.75, 3.05) is 42.3 Å². The smallest absolute Gasteiger partial charge is 0.299 e. The van der Waals surface area contributed by atoms with Crippen molar-refractivity contribution in [3.63, 3.8) is 0 Å². The van der Waals surface area contributed by atoms with Gasteiger partial charge in [0.2, 0.25) is 11.8 Å². The zero-order valence-electron chi connectivity index (χ0n) is 19.6. The highest BCUT2D eigenvalue weighted by Crippen LogP contribution is 2.28. The lowest BCUT2D eigenvalue weighted by molar-refractivity contribution is -0.134. The monoisotopic (exact) mass is 470 g/mol. The molecule has 0 bridgehead atoms. The van der Waals surface area contributed by atoms with Gasteiger partial charge < -0.3 is 15.1 Å². The van der Waals surface area contributed by atoms with Gasteiger partial charge in [-0.3, -0.25) is 24.1 Å². The summed E-state index contributed by atoms with van der Waals surface area (Å²) >= 11 is 0. The van der Waals surface area contributed by atoms with Crippen LogP contribution in [0.25, 0.3) is 0 Å². The van der Waals surface area contributed by atoms with Gasteiger partial charge in [0.15, 0.2) is 0 Å². The van der Waals surface area contributed by atoms with Gasteiger partial charge in [-0.05, 0) is 42.0 Å². The van der Waals surface area contributed by atoms with Crippen molar-refractivity contribution in [1.29, 1.82) is 0 Å². The Hall–Kier alpha value is -4.46. The summed E-state index contributed by atoms with van der Waals surface area (Å²) < 4.78 is 0. The van der Waals surface area contributed by atoms with Crippen LogP contribution in [0.15, 0.2) is 78.9 Å². The molecule has 178 valence electrons. The van der Waals surface area contributed by atoms with Crippen molar-refractivity contribution in [2.24, 2.45) is 0 Å². The average Bonchev–Trinajstić information content (AvgIpc) is 3.09. The molecule has 0 atom stereocenters. The fourth-order valence-corrected chi connectivity index (χ4v) is 3.89. The highest BCUT2D eigenvalue weighted by Gasteiger charge is 2.37. The lowest BCUT2D eigenvalue weighted by atomic mass is 10.1. The van der Waals surface area contributed by atoms with E-state index in [1.807, 2.05) is 61.5 Å². The third-order valence-electron chi connectivity index (χ3n) is 5.74. The molecular weight excluding hydrogens is 444 g/mol. The van der Waals surface area contributed by atoms with Crippen LogP contribution in [0.2, 0.25) is 0 Å². The van der Waals surface area contributed by atoms with Crippen molar-refractivity contribution < 1.29 is 19.2 Å². The first-order valence-electron chi connectivity index (χ1n) is 11.2. The van der Waals surface area contributed by atoms with Crippen molar-refractivity contribution in [2.45, 2.75) is 6.54 Å². The van der Waals surface area contributed by atoms with Crippen LogP contribution in [0.4, 0.5) is 17.1 Å². The number of carbonyl (C=O) groups is 4. The summed E-state index contributed by atoms with van der Waals surface area (Å²) in [6.07, 6.45) is 0. The van der Waals surface area contributed by atoms with Gasteiger partial charge in [-0.1, -0.05) is 42.5 Å². The van der Waals surface area contributed by atoms with Gasteiger partial charge in [0, 0.05) is 32.0 Å². The second kappa shape index (κ2) is 10.2. The van der Waals surface area contributed by atoms with Gasteiger partial charge in [-0.25, -0.2) is 0 Å². The van der Waals surface area contributed by atoms with Gasteiger partial charge in [-0.15, -0.1) is 0 Å². The van der Waals surface area contributed by atoms with Crippen LogP contribution in [0.3, 0.4) is 0 Å². The molecule has 35 heavy (non-hydrogen) atoms. The van der Waals surface area contributed by atoms with E-state index in [4.69, 9.17) is 0 Å². The normalized spacial score (nSPS) is 12.3. The number of benzene rings is 3. The SMILES string of the molecule is CN(C)c1ccc(NC(=O)CN(Cc2ccccc2)C(=O)CN2C(=O)C(=O)c3ccccc32)cc1. The number of anilines is 3. The minimum absolute atomic E-state index is 0.185. The van der Waals surface area contributed by atoms with Crippen molar-refractivity contribution in [3.05, 3.63) is 90.0 Å². The number of nitrogens with zero attached hydrogens (tertiary/aromatic N) is 3. The molecule has 3 aromatic carbocycles. The summed E-state index contributed by atoms with van der Waals surface area (Å²) in [7, 11) is 3.86. The summed E-state index contributed by atoms with van der Waals surface area (Å²) in [6.45, 7) is -0.357. The zero-order valence-corrected chi connectivity index (χ0v) is 19.6. The summed E-state index contributed by atoms with van der Waals surface area (Å²) in [6, 6.07) is 23.2. The van der Waals surface area contributed by atoms with E-state index in [9.17, 15) is 19.2 Å². The summed E-state index contributed by atoms with van der Waals surface area (Å²) in [4.78, 5) is 55.5. The Morgan fingerprint density at radius 1 is 0.857 bits per heavy atom. The molecule has 4 rings (SSSR count). The molecular formula is C27H26N4O4. The van der Waals surface area contributed by atoms with E-state index in [-0.39, 0.29) is 31.1 Å². The number of fused-ring (bicyclic) bond motifs is 1. The Morgan fingerprint density at radius 2 is 1.51 bits per heavy atom. The lowest BCUT2D eigenvalue weighted by Crippen LogP contribution is -2.45. The predicted octanol–water partition coefficient (Wildman–Crippen LogP) is 2.95. The lowest BCUT2D eigenvalue weighted by Gasteiger charge is -2.25. The van der Waals surface area contributed by atoms with Crippen LogP contribution in [-0.4, -0.2) is 55.6 Å². The Balaban J connectivity index is 1.50. The average molecular weight is 471 g/mol. The van der Waals surface area contributed by atoms with Crippen LogP contribution < -0.4 is 15.1 Å². The molecule has 1 aliphatic rings. The molecule has 1 N–H and O–H groups in total. The molecule has 0 spiro atoms. The predicted molar refractivity (Wildman–Crippen MR) is 134 cm³/mol. The Labute approximate surface area is 203 Å². The van der Waals surface area contributed by atoms with Crippen molar-refractivity contribution >= 4 is 40.6 Å². The van der Waals surface area contributed by atoms with Gasteiger partial charge in [-0.2, -0.15) is 0 Å².